The van der Waals surface area contributed by atoms with Crippen LogP contribution in [-0.2, 0) is 9.59 Å². The van der Waals surface area contributed by atoms with Crippen molar-refractivity contribution in [3.63, 3.8) is 0 Å². The summed E-state index contributed by atoms with van der Waals surface area (Å²) in [6.45, 7) is 2.72. The SMILES string of the molecule is CCCCOc1c(I)cc(C=NN=C2NC(=O)C(CC(=O)O)S2)cc1OC. The minimum absolute atomic E-state index is 0.256. The maximum Gasteiger partial charge on any atom is 0.305 e. The maximum atomic E-state index is 11.7. The van der Waals surface area contributed by atoms with Crippen LogP contribution in [0.1, 0.15) is 31.7 Å². The van der Waals surface area contributed by atoms with Crippen LogP contribution in [0.25, 0.3) is 0 Å². The van der Waals surface area contributed by atoms with Gasteiger partial charge in [0.1, 0.15) is 5.25 Å². The van der Waals surface area contributed by atoms with Crippen LogP contribution in [0.15, 0.2) is 22.3 Å². The molecule has 2 N–H and O–H groups in total. The Labute approximate surface area is 174 Å². The molecule has 1 aromatic carbocycles. The highest BCUT2D eigenvalue weighted by Gasteiger charge is 2.32. The number of nitrogens with one attached hydrogen (secondary N) is 1. The van der Waals surface area contributed by atoms with E-state index in [-0.39, 0.29) is 17.5 Å². The van der Waals surface area contributed by atoms with Gasteiger partial charge < -0.3 is 19.9 Å². The fraction of sp³-hybridized carbons (Fsp3) is 0.412. The van der Waals surface area contributed by atoms with Gasteiger partial charge in [0, 0.05) is 0 Å². The molecule has 0 saturated carbocycles. The van der Waals surface area contributed by atoms with Gasteiger partial charge in [-0.05, 0) is 46.7 Å². The fourth-order valence-electron chi connectivity index (χ4n) is 2.17. The molecule has 2 rings (SSSR count). The molecule has 8 nitrogen and oxygen atoms in total. The third-order valence-electron chi connectivity index (χ3n) is 3.49. The topological polar surface area (TPSA) is 110 Å². The zero-order valence-corrected chi connectivity index (χ0v) is 17.9. The Morgan fingerprint density at radius 3 is 2.93 bits per heavy atom. The van der Waals surface area contributed by atoms with Crippen molar-refractivity contribution in [1.29, 1.82) is 0 Å². The van der Waals surface area contributed by atoms with Gasteiger partial charge in [-0.2, -0.15) is 5.10 Å². The van der Waals surface area contributed by atoms with E-state index < -0.39 is 11.2 Å². The maximum absolute atomic E-state index is 11.7. The number of carboxylic acid groups (broad SMARTS) is 1. The number of ether oxygens (including phenoxy) is 2. The average Bonchev–Trinajstić information content (AvgIpc) is 2.95. The average molecular weight is 505 g/mol. The highest BCUT2D eigenvalue weighted by Crippen LogP contribution is 2.33. The van der Waals surface area contributed by atoms with Crippen molar-refractivity contribution in [2.45, 2.75) is 31.4 Å². The van der Waals surface area contributed by atoms with Crippen LogP contribution in [0, 0.1) is 3.57 Å². The first kappa shape index (κ1) is 21.5. The summed E-state index contributed by atoms with van der Waals surface area (Å²) >= 11 is 3.23. The van der Waals surface area contributed by atoms with Gasteiger partial charge in [-0.3, -0.25) is 9.59 Å². The summed E-state index contributed by atoms with van der Waals surface area (Å²) in [5.41, 5.74) is 0.764. The van der Waals surface area contributed by atoms with Gasteiger partial charge in [0.25, 0.3) is 0 Å². The predicted octanol–water partition coefficient (Wildman–Crippen LogP) is 2.87. The summed E-state index contributed by atoms with van der Waals surface area (Å²) in [6, 6.07) is 3.68. The van der Waals surface area contributed by atoms with Crippen molar-refractivity contribution in [2.75, 3.05) is 13.7 Å². The van der Waals surface area contributed by atoms with Crippen LogP contribution in [0.2, 0.25) is 0 Å². The molecule has 1 unspecified atom stereocenters. The van der Waals surface area contributed by atoms with Crippen molar-refractivity contribution in [3.05, 3.63) is 21.3 Å². The molecular formula is C17H20IN3O5S. The molecule has 1 aliphatic heterocycles. The number of thioether (sulfide) groups is 1. The van der Waals surface area contributed by atoms with E-state index in [9.17, 15) is 9.59 Å². The lowest BCUT2D eigenvalue weighted by Crippen LogP contribution is -2.26. The van der Waals surface area contributed by atoms with Crippen molar-refractivity contribution in [2.24, 2.45) is 10.2 Å². The number of hydrogen-bond donors (Lipinski definition) is 2. The number of carbonyl (C=O) groups is 2. The number of nitrogens with zero attached hydrogens (tertiary/aromatic N) is 2. The molecule has 0 bridgehead atoms. The Hall–Kier alpha value is -1.82. The van der Waals surface area contributed by atoms with E-state index in [0.29, 0.717) is 18.1 Å². The van der Waals surface area contributed by atoms with E-state index >= 15 is 0 Å². The summed E-state index contributed by atoms with van der Waals surface area (Å²) in [4.78, 5) is 22.4. The van der Waals surface area contributed by atoms with Crippen LogP contribution in [-0.4, -0.2) is 47.3 Å². The van der Waals surface area contributed by atoms with E-state index in [1.54, 1.807) is 13.2 Å². The molecule has 1 atom stereocenters. The van der Waals surface area contributed by atoms with Crippen molar-refractivity contribution in [1.82, 2.24) is 5.32 Å². The minimum atomic E-state index is -1.03. The molecule has 0 aromatic heterocycles. The highest BCUT2D eigenvalue weighted by atomic mass is 127. The Balaban J connectivity index is 2.07. The second-order valence-corrected chi connectivity index (χ2v) is 7.93. The number of methoxy groups -OCH3 is 1. The standard InChI is InChI=1S/C17H20IN3O5S/c1-3-4-5-26-15-11(18)6-10(7-12(15)25-2)9-19-21-17-20-16(24)13(27-17)8-14(22)23/h6-7,9,13H,3-5,8H2,1-2H3,(H,22,23)(H,20,21,24). The molecule has 1 aliphatic rings. The van der Waals surface area contributed by atoms with Gasteiger partial charge in [-0.1, -0.05) is 25.1 Å². The normalized spacial score (nSPS) is 18.1. The molecule has 0 aliphatic carbocycles. The number of halogens is 1. The summed E-state index contributed by atoms with van der Waals surface area (Å²) in [7, 11) is 1.58. The third kappa shape index (κ3) is 6.38. The van der Waals surface area contributed by atoms with Crippen LogP contribution >= 0.6 is 34.4 Å². The molecule has 10 heteroatoms. The summed E-state index contributed by atoms with van der Waals surface area (Å²) in [5, 5.41) is 18.8. The lowest BCUT2D eigenvalue weighted by Gasteiger charge is -2.13. The first-order valence-corrected chi connectivity index (χ1v) is 10.2. The summed E-state index contributed by atoms with van der Waals surface area (Å²) in [6.07, 6.45) is 3.29. The lowest BCUT2D eigenvalue weighted by molar-refractivity contribution is -0.138. The van der Waals surface area contributed by atoms with Gasteiger partial charge >= 0.3 is 5.97 Å². The number of amides is 1. The van der Waals surface area contributed by atoms with E-state index in [0.717, 1.165) is 33.7 Å². The number of carbonyl (C=O) groups excluding carboxylic acids is 1. The Morgan fingerprint density at radius 2 is 2.26 bits per heavy atom. The Kier molecular flexibility index (Phi) is 8.35. The van der Waals surface area contributed by atoms with Crippen LogP contribution in [0.5, 0.6) is 11.5 Å². The zero-order chi connectivity index (χ0) is 19.8. The fourth-order valence-corrected chi connectivity index (χ4v) is 3.86. The van der Waals surface area contributed by atoms with Crippen LogP contribution in [0.4, 0.5) is 0 Å². The zero-order valence-electron chi connectivity index (χ0n) is 14.9. The van der Waals surface area contributed by atoms with E-state index in [1.807, 2.05) is 6.07 Å². The first-order valence-electron chi connectivity index (χ1n) is 8.25. The van der Waals surface area contributed by atoms with Crippen molar-refractivity contribution < 1.29 is 24.2 Å². The monoisotopic (exact) mass is 505 g/mol. The number of amidine groups is 1. The first-order chi connectivity index (χ1) is 12.9. The molecule has 1 amide bonds. The second kappa shape index (κ2) is 10.5. The van der Waals surface area contributed by atoms with Gasteiger partial charge in [-0.15, -0.1) is 5.10 Å². The van der Waals surface area contributed by atoms with Gasteiger partial charge in [0.2, 0.25) is 5.91 Å². The molecule has 1 fully saturated rings. The Morgan fingerprint density at radius 1 is 1.48 bits per heavy atom. The van der Waals surface area contributed by atoms with E-state index in [1.165, 1.54) is 6.21 Å². The largest absolute Gasteiger partial charge is 0.493 e. The molecule has 27 heavy (non-hydrogen) atoms. The van der Waals surface area contributed by atoms with Gasteiger partial charge in [0.15, 0.2) is 16.7 Å². The molecular weight excluding hydrogens is 485 g/mol. The molecule has 1 aromatic rings. The van der Waals surface area contributed by atoms with E-state index in [2.05, 4.69) is 45.0 Å². The molecule has 0 spiro atoms. The number of hydrogen-bond acceptors (Lipinski definition) is 7. The van der Waals surface area contributed by atoms with Gasteiger partial charge in [0.05, 0.1) is 29.9 Å². The quantitative estimate of drug-likeness (QED) is 0.231. The number of benzene rings is 1. The minimum Gasteiger partial charge on any atom is -0.493 e. The molecule has 1 saturated heterocycles. The predicted molar refractivity (Wildman–Crippen MR) is 113 cm³/mol. The number of unbranched alkanes of at least 4 members (excludes halogenated alkanes) is 1. The number of rotatable bonds is 9. The van der Waals surface area contributed by atoms with Gasteiger partial charge in [-0.25, -0.2) is 0 Å². The Bertz CT molecular complexity index is 769. The smallest absolute Gasteiger partial charge is 0.305 e. The lowest BCUT2D eigenvalue weighted by atomic mass is 10.2. The second-order valence-electron chi connectivity index (χ2n) is 5.58. The number of carboxylic acids is 1. The number of aliphatic carboxylic acids is 1. The third-order valence-corrected chi connectivity index (χ3v) is 5.36. The summed E-state index contributed by atoms with van der Waals surface area (Å²) < 4.78 is 12.1. The molecule has 1 heterocycles. The molecule has 0 radical (unpaired) electrons. The van der Waals surface area contributed by atoms with Crippen LogP contribution < -0.4 is 14.8 Å². The van der Waals surface area contributed by atoms with E-state index in [4.69, 9.17) is 14.6 Å². The van der Waals surface area contributed by atoms with Crippen LogP contribution in [0.3, 0.4) is 0 Å². The highest BCUT2D eigenvalue weighted by molar-refractivity contribution is 14.1. The molecule has 146 valence electrons. The van der Waals surface area contributed by atoms with Crippen molar-refractivity contribution in [3.8, 4) is 11.5 Å². The van der Waals surface area contributed by atoms with Crippen molar-refractivity contribution >= 4 is 57.6 Å². The summed E-state index contributed by atoms with van der Waals surface area (Å²) in [5.74, 6) is -0.0984.